The van der Waals surface area contributed by atoms with Crippen LogP contribution in [-0.2, 0) is 14.3 Å². The fourth-order valence-corrected chi connectivity index (χ4v) is 1.93. The Hall–Kier alpha value is -1.39. The predicted octanol–water partition coefficient (Wildman–Crippen LogP) is 1.76. The Labute approximate surface area is 94.8 Å². The van der Waals surface area contributed by atoms with Crippen molar-refractivity contribution in [1.82, 2.24) is 0 Å². The van der Waals surface area contributed by atoms with Gasteiger partial charge in [-0.05, 0) is 19.1 Å². The van der Waals surface area contributed by atoms with Crippen LogP contribution in [0.25, 0.3) is 0 Å². The van der Waals surface area contributed by atoms with E-state index in [2.05, 4.69) is 0 Å². The van der Waals surface area contributed by atoms with Gasteiger partial charge in [-0.1, -0.05) is 18.2 Å². The number of amides is 1. The second kappa shape index (κ2) is 4.23. The van der Waals surface area contributed by atoms with Gasteiger partial charge in [-0.15, -0.1) is 0 Å². The maximum absolute atomic E-state index is 11.6. The number of hydrogen-bond donors (Lipinski definition) is 0. The number of β-lactam (4-membered cyclic amide) rings is 1. The van der Waals surface area contributed by atoms with E-state index in [4.69, 9.17) is 9.47 Å². The van der Waals surface area contributed by atoms with E-state index < -0.39 is 5.91 Å². The molecule has 2 rings (SSSR count). The molecule has 0 bridgehead atoms. The zero-order valence-corrected chi connectivity index (χ0v) is 9.47. The molecule has 1 saturated heterocycles. The van der Waals surface area contributed by atoms with Gasteiger partial charge in [0.2, 0.25) is 5.91 Å². The minimum atomic E-state index is -0.910. The van der Waals surface area contributed by atoms with Crippen LogP contribution in [0, 0.1) is 0 Å². The summed E-state index contributed by atoms with van der Waals surface area (Å²) in [5.41, 5.74) is 0.800. The van der Waals surface area contributed by atoms with Crippen molar-refractivity contribution < 1.29 is 14.3 Å². The summed E-state index contributed by atoms with van der Waals surface area (Å²) in [6, 6.07) is 9.40. The second-order valence-corrected chi connectivity index (χ2v) is 3.59. The highest BCUT2D eigenvalue weighted by Gasteiger charge is 2.53. The summed E-state index contributed by atoms with van der Waals surface area (Å²) in [6.07, 6.45) is 0.270. The average molecular weight is 221 g/mol. The molecule has 1 aromatic carbocycles. The van der Waals surface area contributed by atoms with Gasteiger partial charge in [0.25, 0.3) is 5.91 Å². The summed E-state index contributed by atoms with van der Waals surface area (Å²) in [7, 11) is 1.55. The van der Waals surface area contributed by atoms with Crippen LogP contribution in [0.2, 0.25) is 0 Å². The standard InChI is InChI=1S/C12H15NO3/c1-3-16-12(15-2)9-11(14)13(12)10-7-5-4-6-8-10/h4-8H,3,9H2,1-2H3. The molecule has 86 valence electrons. The number of ether oxygens (including phenoxy) is 2. The van der Waals surface area contributed by atoms with Gasteiger partial charge < -0.3 is 9.47 Å². The lowest BCUT2D eigenvalue weighted by Crippen LogP contribution is -2.66. The molecule has 4 heteroatoms. The van der Waals surface area contributed by atoms with Crippen LogP contribution in [0.3, 0.4) is 0 Å². The van der Waals surface area contributed by atoms with Crippen molar-refractivity contribution in [2.24, 2.45) is 0 Å². The molecule has 1 atom stereocenters. The molecule has 1 fully saturated rings. The van der Waals surface area contributed by atoms with Crippen LogP contribution in [0.4, 0.5) is 5.69 Å². The summed E-state index contributed by atoms with van der Waals surface area (Å²) < 4.78 is 10.9. The molecule has 0 spiro atoms. The molecule has 1 aliphatic heterocycles. The Morgan fingerprint density at radius 2 is 2.06 bits per heavy atom. The molecule has 1 heterocycles. The SMILES string of the molecule is CCOC1(OC)CC(=O)N1c1ccccc1. The van der Waals surface area contributed by atoms with E-state index in [9.17, 15) is 4.79 Å². The average Bonchev–Trinajstić information content (AvgIpc) is 2.29. The van der Waals surface area contributed by atoms with Gasteiger partial charge in [-0.25, -0.2) is 0 Å². The molecule has 1 unspecified atom stereocenters. The smallest absolute Gasteiger partial charge is 0.267 e. The molecular weight excluding hydrogens is 206 g/mol. The maximum atomic E-state index is 11.6. The van der Waals surface area contributed by atoms with Crippen molar-refractivity contribution in [3.8, 4) is 0 Å². The van der Waals surface area contributed by atoms with Crippen molar-refractivity contribution in [1.29, 1.82) is 0 Å². The Balaban J connectivity index is 2.28. The molecule has 0 aromatic heterocycles. The van der Waals surface area contributed by atoms with Crippen molar-refractivity contribution in [2.45, 2.75) is 19.3 Å². The summed E-state index contributed by atoms with van der Waals surface area (Å²) in [5.74, 6) is -0.894. The number of para-hydroxylation sites is 1. The molecule has 1 aromatic rings. The molecular formula is C12H15NO3. The third-order valence-electron chi connectivity index (χ3n) is 2.67. The van der Waals surface area contributed by atoms with Gasteiger partial charge in [0.15, 0.2) is 0 Å². The summed E-state index contributed by atoms with van der Waals surface area (Å²) in [4.78, 5) is 13.2. The van der Waals surface area contributed by atoms with Crippen LogP contribution in [0.15, 0.2) is 30.3 Å². The molecule has 0 radical (unpaired) electrons. The Morgan fingerprint density at radius 3 is 2.56 bits per heavy atom. The van der Waals surface area contributed by atoms with Crippen molar-refractivity contribution >= 4 is 11.6 Å². The zero-order chi connectivity index (χ0) is 11.6. The molecule has 0 N–H and O–H groups in total. The van der Waals surface area contributed by atoms with Gasteiger partial charge in [0.1, 0.15) is 6.42 Å². The van der Waals surface area contributed by atoms with E-state index >= 15 is 0 Å². The first-order valence-electron chi connectivity index (χ1n) is 5.31. The van der Waals surface area contributed by atoms with Gasteiger partial charge in [0.05, 0.1) is 0 Å². The normalized spacial score (nSPS) is 24.4. The van der Waals surface area contributed by atoms with E-state index in [-0.39, 0.29) is 12.3 Å². The Bertz CT molecular complexity index is 379. The summed E-state index contributed by atoms with van der Waals surface area (Å²) >= 11 is 0. The highest BCUT2D eigenvalue weighted by atomic mass is 16.7. The van der Waals surface area contributed by atoms with Gasteiger partial charge in [0, 0.05) is 19.4 Å². The lowest BCUT2D eigenvalue weighted by Gasteiger charge is -2.49. The number of hydrogen-bond acceptors (Lipinski definition) is 3. The number of methoxy groups -OCH3 is 1. The molecule has 0 saturated carbocycles. The first-order chi connectivity index (χ1) is 7.73. The van der Waals surface area contributed by atoms with Gasteiger partial charge in [-0.3, -0.25) is 9.69 Å². The second-order valence-electron chi connectivity index (χ2n) is 3.59. The number of anilines is 1. The highest BCUT2D eigenvalue weighted by Crippen LogP contribution is 2.38. The zero-order valence-electron chi connectivity index (χ0n) is 9.47. The van der Waals surface area contributed by atoms with Crippen molar-refractivity contribution in [2.75, 3.05) is 18.6 Å². The number of carbonyl (C=O) groups is 1. The first-order valence-corrected chi connectivity index (χ1v) is 5.31. The van der Waals surface area contributed by atoms with Crippen LogP contribution in [0.1, 0.15) is 13.3 Å². The van der Waals surface area contributed by atoms with E-state index in [0.29, 0.717) is 6.61 Å². The number of rotatable bonds is 4. The monoisotopic (exact) mass is 221 g/mol. The van der Waals surface area contributed by atoms with Gasteiger partial charge >= 0.3 is 0 Å². The summed E-state index contributed by atoms with van der Waals surface area (Å²) in [5, 5.41) is 0. The molecule has 1 amide bonds. The van der Waals surface area contributed by atoms with Crippen LogP contribution < -0.4 is 4.90 Å². The topological polar surface area (TPSA) is 38.8 Å². The van der Waals surface area contributed by atoms with E-state index in [0.717, 1.165) is 5.69 Å². The van der Waals surface area contributed by atoms with Gasteiger partial charge in [-0.2, -0.15) is 0 Å². The van der Waals surface area contributed by atoms with Crippen molar-refractivity contribution in [3.63, 3.8) is 0 Å². The fraction of sp³-hybridized carbons (Fsp3) is 0.417. The Morgan fingerprint density at radius 1 is 1.38 bits per heavy atom. The third kappa shape index (κ3) is 1.60. The molecule has 1 aliphatic rings. The van der Waals surface area contributed by atoms with E-state index in [1.54, 1.807) is 12.0 Å². The summed E-state index contributed by atoms with van der Waals surface area (Å²) in [6.45, 7) is 2.39. The number of benzene rings is 1. The predicted molar refractivity (Wildman–Crippen MR) is 59.9 cm³/mol. The lowest BCUT2D eigenvalue weighted by atomic mass is 10.1. The number of carbonyl (C=O) groups excluding carboxylic acids is 1. The number of nitrogens with zero attached hydrogens (tertiary/aromatic N) is 1. The van der Waals surface area contributed by atoms with Crippen LogP contribution >= 0.6 is 0 Å². The molecule has 16 heavy (non-hydrogen) atoms. The maximum Gasteiger partial charge on any atom is 0.267 e. The van der Waals surface area contributed by atoms with Crippen LogP contribution in [-0.4, -0.2) is 25.5 Å². The minimum Gasteiger partial charge on any atom is -0.335 e. The highest BCUT2D eigenvalue weighted by molar-refractivity contribution is 6.01. The lowest BCUT2D eigenvalue weighted by molar-refractivity contribution is -0.245. The fourth-order valence-electron chi connectivity index (χ4n) is 1.93. The minimum absolute atomic E-state index is 0.0153. The van der Waals surface area contributed by atoms with E-state index in [1.165, 1.54) is 0 Å². The molecule has 0 aliphatic carbocycles. The van der Waals surface area contributed by atoms with E-state index in [1.807, 2.05) is 37.3 Å². The Kier molecular flexibility index (Phi) is 2.94. The molecule has 4 nitrogen and oxygen atoms in total. The third-order valence-corrected chi connectivity index (χ3v) is 2.67. The first kappa shape index (κ1) is 11.1. The van der Waals surface area contributed by atoms with Crippen molar-refractivity contribution in [3.05, 3.63) is 30.3 Å². The quantitative estimate of drug-likeness (QED) is 0.574. The van der Waals surface area contributed by atoms with Crippen LogP contribution in [0.5, 0.6) is 0 Å². The largest absolute Gasteiger partial charge is 0.335 e.